The molecule has 148 valence electrons. The first kappa shape index (κ1) is 21.3. The van der Waals surface area contributed by atoms with Gasteiger partial charge in [0.05, 0.1) is 11.3 Å². The van der Waals surface area contributed by atoms with Crippen molar-refractivity contribution in [1.82, 2.24) is 0 Å². The summed E-state index contributed by atoms with van der Waals surface area (Å²) >= 11 is 0. The summed E-state index contributed by atoms with van der Waals surface area (Å²) in [5, 5.41) is 12.5. The molecule has 0 aromatic heterocycles. The third kappa shape index (κ3) is 6.93. The molecule has 0 aliphatic heterocycles. The molecule has 0 radical (unpaired) electrons. The molecule has 2 aromatic rings. The first-order valence-electron chi connectivity index (χ1n) is 9.52. The molecule has 0 amide bonds. The number of ether oxygens (including phenoxy) is 1. The van der Waals surface area contributed by atoms with E-state index in [-0.39, 0.29) is 5.56 Å². The Morgan fingerprint density at radius 3 is 2.57 bits per heavy atom. The monoisotopic (exact) mass is 380 g/mol. The third-order valence-electron chi connectivity index (χ3n) is 4.11. The van der Waals surface area contributed by atoms with Crippen LogP contribution >= 0.6 is 0 Å². The lowest BCUT2D eigenvalue weighted by atomic mass is 10.1. The molecule has 0 unspecified atom stereocenters. The van der Waals surface area contributed by atoms with Crippen molar-refractivity contribution in [3.63, 3.8) is 0 Å². The Balaban J connectivity index is 0.000000500. The number of carbonyl (C=O) groups is 1. The number of hydrogen-bond donors (Lipinski definition) is 3. The zero-order valence-corrected chi connectivity index (χ0v) is 16.2. The number of para-hydroxylation sites is 1. The van der Waals surface area contributed by atoms with Gasteiger partial charge < -0.3 is 20.9 Å². The molecular weight excluding hydrogens is 352 g/mol. The Kier molecular flexibility index (Phi) is 8.82. The smallest absolute Gasteiger partial charge is 0.335 e. The molecule has 5 heteroatoms. The van der Waals surface area contributed by atoms with Gasteiger partial charge in [0, 0.05) is 6.54 Å². The van der Waals surface area contributed by atoms with Crippen molar-refractivity contribution < 1.29 is 14.6 Å². The number of hydrogen-bond acceptors (Lipinski definition) is 4. The fourth-order valence-corrected chi connectivity index (χ4v) is 2.54. The number of nitrogens with two attached hydrogens (primary N) is 1. The average Bonchev–Trinajstić information content (AvgIpc) is 3.22. The standard InChI is InChI=1S/C19H17NO3.C4H11N/c21-19(22)15-10-11-18(23-16-8-2-1-3-9-16)17(12-15)20-13-14-6-4-5-7-14;1-2-3-4-5/h1-6,8-12,20H,7,13H2,(H,21,22);2-5H2,1H3. The first-order valence-corrected chi connectivity index (χ1v) is 9.52. The molecule has 5 nitrogen and oxygen atoms in total. The zero-order valence-electron chi connectivity index (χ0n) is 16.2. The van der Waals surface area contributed by atoms with Crippen LogP contribution in [0.3, 0.4) is 0 Å². The van der Waals surface area contributed by atoms with Crippen molar-refractivity contribution in [2.24, 2.45) is 5.73 Å². The molecule has 1 aliphatic rings. The SMILES string of the molecule is CCCCN.O=C(O)c1ccc(Oc2ccccc2)c(NCC2=CC=CC2)c1. The molecule has 2 aromatic carbocycles. The summed E-state index contributed by atoms with van der Waals surface area (Å²) in [6, 6.07) is 14.2. The Hall–Kier alpha value is -3.05. The van der Waals surface area contributed by atoms with E-state index in [1.807, 2.05) is 36.4 Å². The van der Waals surface area contributed by atoms with Crippen molar-refractivity contribution in [3.05, 3.63) is 77.9 Å². The number of rotatable bonds is 8. The van der Waals surface area contributed by atoms with E-state index in [4.69, 9.17) is 10.5 Å². The van der Waals surface area contributed by atoms with Crippen molar-refractivity contribution in [2.45, 2.75) is 26.2 Å². The summed E-state index contributed by atoms with van der Waals surface area (Å²) in [6.45, 7) is 3.63. The number of carboxylic acids is 1. The zero-order chi connectivity index (χ0) is 20.2. The minimum atomic E-state index is -0.957. The largest absolute Gasteiger partial charge is 0.478 e. The second-order valence-corrected chi connectivity index (χ2v) is 6.38. The summed E-state index contributed by atoms with van der Waals surface area (Å²) in [6.07, 6.45) is 9.47. The lowest BCUT2D eigenvalue weighted by molar-refractivity contribution is 0.0697. The topological polar surface area (TPSA) is 84.6 Å². The van der Waals surface area contributed by atoms with Crippen LogP contribution in [0.4, 0.5) is 5.69 Å². The van der Waals surface area contributed by atoms with Gasteiger partial charge in [-0.2, -0.15) is 0 Å². The Morgan fingerprint density at radius 1 is 1.21 bits per heavy atom. The molecule has 0 saturated carbocycles. The van der Waals surface area contributed by atoms with E-state index in [1.165, 1.54) is 18.4 Å². The summed E-state index contributed by atoms with van der Waals surface area (Å²) in [7, 11) is 0. The van der Waals surface area contributed by atoms with Crippen LogP contribution in [0.25, 0.3) is 0 Å². The molecule has 28 heavy (non-hydrogen) atoms. The lowest BCUT2D eigenvalue weighted by Gasteiger charge is -2.14. The van der Waals surface area contributed by atoms with Crippen LogP contribution in [-0.4, -0.2) is 24.2 Å². The molecule has 0 fully saturated rings. The maximum atomic E-state index is 11.2. The van der Waals surface area contributed by atoms with Gasteiger partial charge in [0.25, 0.3) is 0 Å². The molecule has 0 bridgehead atoms. The minimum Gasteiger partial charge on any atom is -0.478 e. The molecule has 0 saturated heterocycles. The number of allylic oxidation sites excluding steroid dienone is 3. The van der Waals surface area contributed by atoms with Gasteiger partial charge in [-0.15, -0.1) is 0 Å². The highest BCUT2D eigenvalue weighted by molar-refractivity contribution is 5.89. The van der Waals surface area contributed by atoms with Crippen LogP contribution in [0.2, 0.25) is 0 Å². The predicted octanol–water partition coefficient (Wildman–Crippen LogP) is 5.22. The summed E-state index contributed by atoms with van der Waals surface area (Å²) in [4.78, 5) is 11.2. The molecule has 4 N–H and O–H groups in total. The first-order chi connectivity index (χ1) is 13.6. The average molecular weight is 380 g/mol. The van der Waals surface area contributed by atoms with Crippen molar-refractivity contribution >= 4 is 11.7 Å². The highest BCUT2D eigenvalue weighted by Crippen LogP contribution is 2.31. The van der Waals surface area contributed by atoms with Crippen LogP contribution in [0.15, 0.2) is 72.3 Å². The molecule has 0 heterocycles. The highest BCUT2D eigenvalue weighted by Gasteiger charge is 2.11. The Labute approximate surface area is 166 Å². The molecule has 0 atom stereocenters. The van der Waals surface area contributed by atoms with Gasteiger partial charge in [0.2, 0.25) is 0 Å². The third-order valence-corrected chi connectivity index (χ3v) is 4.11. The summed E-state index contributed by atoms with van der Waals surface area (Å²) < 4.78 is 5.87. The molecule has 3 rings (SSSR count). The van der Waals surface area contributed by atoms with E-state index in [0.29, 0.717) is 23.7 Å². The summed E-state index contributed by atoms with van der Waals surface area (Å²) in [5.41, 5.74) is 7.28. The van der Waals surface area contributed by atoms with E-state index in [0.717, 1.165) is 13.0 Å². The van der Waals surface area contributed by atoms with E-state index >= 15 is 0 Å². The maximum absolute atomic E-state index is 11.2. The van der Waals surface area contributed by atoms with Crippen LogP contribution in [-0.2, 0) is 0 Å². The van der Waals surface area contributed by atoms with Gasteiger partial charge in [0.15, 0.2) is 5.75 Å². The highest BCUT2D eigenvalue weighted by atomic mass is 16.5. The quantitative estimate of drug-likeness (QED) is 0.585. The van der Waals surface area contributed by atoms with Crippen LogP contribution in [0.1, 0.15) is 36.5 Å². The summed E-state index contributed by atoms with van der Waals surface area (Å²) in [5.74, 6) is 0.356. The van der Waals surface area contributed by atoms with Gasteiger partial charge in [-0.25, -0.2) is 4.79 Å². The van der Waals surface area contributed by atoms with Gasteiger partial charge >= 0.3 is 5.97 Å². The van der Waals surface area contributed by atoms with E-state index in [2.05, 4.69) is 24.4 Å². The van der Waals surface area contributed by atoms with Crippen LogP contribution < -0.4 is 15.8 Å². The fourth-order valence-electron chi connectivity index (χ4n) is 2.54. The van der Waals surface area contributed by atoms with E-state index in [9.17, 15) is 9.90 Å². The van der Waals surface area contributed by atoms with E-state index in [1.54, 1.807) is 18.2 Å². The van der Waals surface area contributed by atoms with Crippen LogP contribution in [0, 0.1) is 0 Å². The van der Waals surface area contributed by atoms with Crippen molar-refractivity contribution in [2.75, 3.05) is 18.4 Å². The number of nitrogens with one attached hydrogen (secondary N) is 1. The number of aromatic carboxylic acids is 1. The van der Waals surface area contributed by atoms with Gasteiger partial charge in [-0.3, -0.25) is 0 Å². The lowest BCUT2D eigenvalue weighted by Crippen LogP contribution is -2.06. The number of carboxylic acid groups (broad SMARTS) is 1. The number of benzene rings is 2. The number of anilines is 1. The number of unbranched alkanes of at least 4 members (excludes halogenated alkanes) is 1. The minimum absolute atomic E-state index is 0.228. The molecule has 1 aliphatic carbocycles. The normalized spacial score (nSPS) is 12.0. The second kappa shape index (κ2) is 11.6. The molecular formula is C23H28N2O3. The Morgan fingerprint density at radius 2 is 2.00 bits per heavy atom. The van der Waals surface area contributed by atoms with Gasteiger partial charge in [-0.05, 0) is 55.3 Å². The van der Waals surface area contributed by atoms with Crippen LogP contribution in [0.5, 0.6) is 11.5 Å². The van der Waals surface area contributed by atoms with Gasteiger partial charge in [-0.1, -0.05) is 49.8 Å². The maximum Gasteiger partial charge on any atom is 0.335 e. The Bertz CT molecular complexity index is 812. The predicted molar refractivity (Wildman–Crippen MR) is 114 cm³/mol. The fraction of sp³-hybridized carbons (Fsp3) is 0.261. The molecule has 0 spiro atoms. The van der Waals surface area contributed by atoms with Gasteiger partial charge in [0.1, 0.15) is 5.75 Å². The van der Waals surface area contributed by atoms with Crippen molar-refractivity contribution in [1.29, 1.82) is 0 Å². The van der Waals surface area contributed by atoms with E-state index < -0.39 is 5.97 Å². The van der Waals surface area contributed by atoms with Crippen molar-refractivity contribution in [3.8, 4) is 11.5 Å². The second-order valence-electron chi connectivity index (χ2n) is 6.38.